The van der Waals surface area contributed by atoms with Crippen LogP contribution in [0.25, 0.3) is 10.9 Å². The molecular formula is C13H7NO. The molecule has 2 heteroatoms. The Balaban J connectivity index is 2.90. The molecule has 2 aromatic rings. The highest BCUT2D eigenvalue weighted by molar-refractivity contribution is 5.86. The van der Waals surface area contributed by atoms with Crippen molar-refractivity contribution in [2.75, 3.05) is 0 Å². The summed E-state index contributed by atoms with van der Waals surface area (Å²) in [6, 6.07) is 6.86. The van der Waals surface area contributed by atoms with Crippen molar-refractivity contribution in [1.82, 2.24) is 4.98 Å². The number of terminal acetylenes is 2. The molecule has 0 spiro atoms. The van der Waals surface area contributed by atoms with Crippen molar-refractivity contribution < 1.29 is 5.11 Å². The Morgan fingerprint density at radius 1 is 1.20 bits per heavy atom. The fourth-order valence-electron chi connectivity index (χ4n) is 1.40. The van der Waals surface area contributed by atoms with Crippen LogP contribution in [0.15, 0.2) is 24.3 Å². The lowest BCUT2D eigenvalue weighted by atomic mass is 10.1. The minimum atomic E-state index is 0.104. The molecule has 0 radical (unpaired) electrons. The normalized spacial score (nSPS) is 9.47. The van der Waals surface area contributed by atoms with Gasteiger partial charge in [-0.05, 0) is 18.1 Å². The molecule has 0 aliphatic heterocycles. The van der Waals surface area contributed by atoms with Crippen LogP contribution in [0.4, 0.5) is 0 Å². The summed E-state index contributed by atoms with van der Waals surface area (Å²) >= 11 is 0. The number of phenols is 1. The van der Waals surface area contributed by atoms with E-state index in [9.17, 15) is 5.11 Å². The fraction of sp³-hybridized carbons (Fsp3) is 0. The maximum Gasteiger partial charge on any atom is 0.141 e. The molecule has 1 heterocycles. The second-order valence-corrected chi connectivity index (χ2v) is 3.02. The van der Waals surface area contributed by atoms with Crippen LogP contribution in [0.3, 0.4) is 0 Å². The molecule has 70 valence electrons. The predicted octanol–water partition coefficient (Wildman–Crippen LogP) is 1.90. The molecule has 0 atom stereocenters. The quantitative estimate of drug-likeness (QED) is 0.648. The van der Waals surface area contributed by atoms with E-state index >= 15 is 0 Å². The van der Waals surface area contributed by atoms with Gasteiger partial charge in [0.2, 0.25) is 0 Å². The standard InChI is InChI=1S/C13H7NO/c1-3-9-8-10-6-5-7-12(15)13(10)14-11(9)4-2/h1-2,5-8,15H. The molecule has 15 heavy (non-hydrogen) atoms. The lowest BCUT2D eigenvalue weighted by Crippen LogP contribution is -1.90. The van der Waals surface area contributed by atoms with Gasteiger partial charge >= 0.3 is 0 Å². The highest BCUT2D eigenvalue weighted by Gasteiger charge is 2.05. The Morgan fingerprint density at radius 2 is 2.00 bits per heavy atom. The van der Waals surface area contributed by atoms with Gasteiger partial charge in [-0.15, -0.1) is 12.8 Å². The molecule has 0 fully saturated rings. The van der Waals surface area contributed by atoms with Crippen LogP contribution >= 0.6 is 0 Å². The van der Waals surface area contributed by atoms with E-state index in [1.165, 1.54) is 0 Å². The molecular weight excluding hydrogens is 186 g/mol. The third kappa shape index (κ3) is 1.39. The largest absolute Gasteiger partial charge is 0.506 e. The molecule has 0 saturated carbocycles. The number of nitrogens with zero attached hydrogens (tertiary/aromatic N) is 1. The summed E-state index contributed by atoms with van der Waals surface area (Å²) in [5.74, 6) is 4.98. The monoisotopic (exact) mass is 193 g/mol. The van der Waals surface area contributed by atoms with Crippen LogP contribution in [-0.2, 0) is 0 Å². The summed E-state index contributed by atoms with van der Waals surface area (Å²) in [5.41, 5.74) is 1.42. The van der Waals surface area contributed by atoms with Gasteiger partial charge in [-0.1, -0.05) is 18.1 Å². The predicted molar refractivity (Wildman–Crippen MR) is 59.3 cm³/mol. The third-order valence-electron chi connectivity index (χ3n) is 2.12. The average Bonchev–Trinajstić information content (AvgIpc) is 2.28. The Kier molecular flexibility index (Phi) is 2.04. The molecule has 1 N–H and O–H groups in total. The van der Waals surface area contributed by atoms with E-state index in [-0.39, 0.29) is 5.75 Å². The molecule has 1 aromatic heterocycles. The van der Waals surface area contributed by atoms with Crippen molar-refractivity contribution in [3.05, 3.63) is 35.5 Å². The van der Waals surface area contributed by atoms with Gasteiger partial charge in [-0.2, -0.15) is 0 Å². The van der Waals surface area contributed by atoms with Gasteiger partial charge in [-0.25, -0.2) is 4.98 Å². The van der Waals surface area contributed by atoms with Crippen LogP contribution in [-0.4, -0.2) is 10.1 Å². The molecule has 2 rings (SSSR count). The Morgan fingerprint density at radius 3 is 2.67 bits per heavy atom. The Hall–Kier alpha value is -2.45. The minimum Gasteiger partial charge on any atom is -0.506 e. The van der Waals surface area contributed by atoms with E-state index in [1.54, 1.807) is 18.2 Å². The first-order chi connectivity index (χ1) is 7.26. The van der Waals surface area contributed by atoms with E-state index in [0.717, 1.165) is 5.39 Å². The molecule has 1 aromatic carbocycles. The highest BCUT2D eigenvalue weighted by atomic mass is 16.3. The van der Waals surface area contributed by atoms with Gasteiger partial charge in [0.05, 0.1) is 5.56 Å². The second kappa shape index (κ2) is 3.36. The van der Waals surface area contributed by atoms with Gasteiger partial charge in [0.1, 0.15) is 17.0 Å². The molecule has 0 amide bonds. The summed E-state index contributed by atoms with van der Waals surface area (Å²) in [4.78, 5) is 4.14. The van der Waals surface area contributed by atoms with Crippen molar-refractivity contribution in [2.45, 2.75) is 0 Å². The van der Waals surface area contributed by atoms with Crippen molar-refractivity contribution in [3.8, 4) is 30.4 Å². The first-order valence-corrected chi connectivity index (χ1v) is 4.32. The summed E-state index contributed by atoms with van der Waals surface area (Å²) in [5, 5.41) is 10.4. The second-order valence-electron chi connectivity index (χ2n) is 3.02. The van der Waals surface area contributed by atoms with Crippen molar-refractivity contribution in [1.29, 1.82) is 0 Å². The third-order valence-corrected chi connectivity index (χ3v) is 2.12. The zero-order valence-corrected chi connectivity index (χ0v) is 7.86. The average molecular weight is 193 g/mol. The number of pyridine rings is 1. The molecule has 0 bridgehead atoms. The first-order valence-electron chi connectivity index (χ1n) is 4.32. The van der Waals surface area contributed by atoms with E-state index < -0.39 is 0 Å². The van der Waals surface area contributed by atoms with Crippen LogP contribution in [0.5, 0.6) is 5.75 Å². The van der Waals surface area contributed by atoms with Crippen LogP contribution in [0.1, 0.15) is 11.3 Å². The fourth-order valence-corrected chi connectivity index (χ4v) is 1.40. The lowest BCUT2D eigenvalue weighted by molar-refractivity contribution is 0.480. The number of phenolic OH excluding ortho intramolecular Hbond substituents is 1. The Labute approximate surface area is 87.6 Å². The smallest absolute Gasteiger partial charge is 0.141 e. The van der Waals surface area contributed by atoms with E-state index in [4.69, 9.17) is 12.8 Å². The molecule has 0 unspecified atom stereocenters. The van der Waals surface area contributed by atoms with Crippen molar-refractivity contribution >= 4 is 10.9 Å². The molecule has 2 nitrogen and oxygen atoms in total. The van der Waals surface area contributed by atoms with E-state index in [1.807, 2.05) is 6.07 Å². The zero-order chi connectivity index (χ0) is 10.8. The molecule has 0 saturated heterocycles. The van der Waals surface area contributed by atoms with Gasteiger partial charge in [0.15, 0.2) is 0 Å². The first kappa shape index (κ1) is 9.12. The summed E-state index contributed by atoms with van der Waals surface area (Å²) in [6.45, 7) is 0. The van der Waals surface area contributed by atoms with Crippen LogP contribution < -0.4 is 0 Å². The number of rotatable bonds is 0. The van der Waals surface area contributed by atoms with E-state index in [2.05, 4.69) is 16.8 Å². The Bertz CT molecular complexity index is 615. The van der Waals surface area contributed by atoms with Crippen molar-refractivity contribution in [2.24, 2.45) is 0 Å². The maximum atomic E-state index is 9.57. The SMILES string of the molecule is C#Cc1cc2cccc(O)c2nc1C#C. The van der Waals surface area contributed by atoms with Crippen LogP contribution in [0.2, 0.25) is 0 Å². The molecule has 0 aliphatic rings. The van der Waals surface area contributed by atoms with Crippen LogP contribution in [0, 0.1) is 24.7 Å². The minimum absolute atomic E-state index is 0.104. The maximum absolute atomic E-state index is 9.57. The summed E-state index contributed by atoms with van der Waals surface area (Å²) in [7, 11) is 0. The topological polar surface area (TPSA) is 33.1 Å². The highest BCUT2D eigenvalue weighted by Crippen LogP contribution is 2.23. The van der Waals surface area contributed by atoms with Gasteiger partial charge in [0, 0.05) is 5.39 Å². The lowest BCUT2D eigenvalue weighted by Gasteiger charge is -2.02. The number of hydrogen-bond donors (Lipinski definition) is 1. The number of hydrogen-bond acceptors (Lipinski definition) is 2. The number of aromatic nitrogens is 1. The number of benzene rings is 1. The summed E-state index contributed by atoms with van der Waals surface area (Å²) < 4.78 is 0. The zero-order valence-electron chi connectivity index (χ0n) is 7.86. The van der Waals surface area contributed by atoms with Gasteiger partial charge in [-0.3, -0.25) is 0 Å². The van der Waals surface area contributed by atoms with Gasteiger partial charge in [0.25, 0.3) is 0 Å². The van der Waals surface area contributed by atoms with Crippen molar-refractivity contribution in [3.63, 3.8) is 0 Å². The number of fused-ring (bicyclic) bond motifs is 1. The number of aromatic hydroxyl groups is 1. The number of para-hydroxylation sites is 1. The van der Waals surface area contributed by atoms with E-state index in [0.29, 0.717) is 16.8 Å². The van der Waals surface area contributed by atoms with Gasteiger partial charge < -0.3 is 5.11 Å². The summed E-state index contributed by atoms with van der Waals surface area (Å²) in [6.07, 6.45) is 10.6. The molecule has 0 aliphatic carbocycles.